The molecule has 0 saturated heterocycles. The van der Waals surface area contributed by atoms with Crippen molar-refractivity contribution in [3.63, 3.8) is 0 Å². The second-order valence-electron chi connectivity index (χ2n) is 9.64. The van der Waals surface area contributed by atoms with Crippen LogP contribution in [0.5, 0.6) is 11.5 Å². The van der Waals surface area contributed by atoms with Crippen LogP contribution in [0.3, 0.4) is 0 Å². The van der Waals surface area contributed by atoms with E-state index in [4.69, 9.17) is 4.74 Å². The van der Waals surface area contributed by atoms with Crippen molar-refractivity contribution in [2.45, 2.75) is 35.1 Å². The Hall–Kier alpha value is -3.79. The van der Waals surface area contributed by atoms with Crippen LogP contribution in [0.1, 0.15) is 46.1 Å². The van der Waals surface area contributed by atoms with Crippen LogP contribution in [0.15, 0.2) is 64.4 Å². The van der Waals surface area contributed by atoms with Gasteiger partial charge in [-0.3, -0.25) is 19.3 Å². The number of hydrogen-bond donors (Lipinski definition) is 1. The van der Waals surface area contributed by atoms with Crippen molar-refractivity contribution in [3.05, 3.63) is 99.0 Å². The van der Waals surface area contributed by atoms with Crippen molar-refractivity contribution in [3.8, 4) is 11.5 Å². The number of thioether (sulfide) groups is 1. The maximum Gasteiger partial charge on any atom is 0.278 e. The van der Waals surface area contributed by atoms with Gasteiger partial charge in [0.15, 0.2) is 23.1 Å². The van der Waals surface area contributed by atoms with E-state index in [-0.39, 0.29) is 36.0 Å². The molecule has 1 aliphatic carbocycles. The molecular weight excluding hydrogens is 500 g/mol. The molecule has 0 unspecified atom stereocenters. The molecule has 4 aliphatic rings. The first-order valence-electron chi connectivity index (χ1n) is 12.0. The van der Waals surface area contributed by atoms with Crippen LogP contribution in [-0.4, -0.2) is 39.4 Å². The summed E-state index contributed by atoms with van der Waals surface area (Å²) in [6.45, 7) is 0.207. The predicted molar refractivity (Wildman–Crippen MR) is 132 cm³/mol. The summed E-state index contributed by atoms with van der Waals surface area (Å²) in [5.41, 5.74) is 0.0319. The Morgan fingerprint density at radius 3 is 2.76 bits per heavy atom. The van der Waals surface area contributed by atoms with Crippen LogP contribution < -0.4 is 15.2 Å². The maximum absolute atomic E-state index is 15.4. The molecule has 0 radical (unpaired) electrons. The Balaban J connectivity index is 1.58. The summed E-state index contributed by atoms with van der Waals surface area (Å²) < 4.78 is 37.7. The molecule has 188 valence electrons. The van der Waals surface area contributed by atoms with Crippen LogP contribution in [0, 0.1) is 11.6 Å². The molecule has 2 aromatic carbocycles. The van der Waals surface area contributed by atoms with E-state index in [1.807, 2.05) is 35.4 Å². The zero-order valence-corrected chi connectivity index (χ0v) is 20.3. The van der Waals surface area contributed by atoms with Crippen molar-refractivity contribution < 1.29 is 23.4 Å². The van der Waals surface area contributed by atoms with E-state index < -0.39 is 40.3 Å². The molecule has 2 bridgehead atoms. The first-order chi connectivity index (χ1) is 17.9. The molecule has 1 fully saturated rings. The highest BCUT2D eigenvalue weighted by atomic mass is 32.2. The number of ether oxygens (including phenoxy) is 1. The summed E-state index contributed by atoms with van der Waals surface area (Å²) in [7, 11) is 0. The number of amides is 1. The van der Waals surface area contributed by atoms with Crippen LogP contribution in [0.4, 0.5) is 8.78 Å². The lowest BCUT2D eigenvalue weighted by Gasteiger charge is -2.46. The van der Waals surface area contributed by atoms with Crippen molar-refractivity contribution in [2.75, 3.05) is 18.3 Å². The molecule has 1 amide bonds. The van der Waals surface area contributed by atoms with E-state index in [0.29, 0.717) is 18.4 Å². The number of carbonyl (C=O) groups is 1. The smallest absolute Gasteiger partial charge is 0.278 e. The normalized spacial score (nSPS) is 21.7. The van der Waals surface area contributed by atoms with Gasteiger partial charge < -0.3 is 14.7 Å². The molecule has 1 saturated carbocycles. The first kappa shape index (κ1) is 22.4. The lowest BCUT2D eigenvalue weighted by atomic mass is 9.92. The van der Waals surface area contributed by atoms with Gasteiger partial charge in [0.2, 0.25) is 5.43 Å². The Labute approximate surface area is 214 Å². The van der Waals surface area contributed by atoms with Gasteiger partial charge in [0.05, 0.1) is 5.54 Å². The number of carbonyl (C=O) groups excluding carboxylic acids is 1. The van der Waals surface area contributed by atoms with Gasteiger partial charge in [-0.15, -0.1) is 11.8 Å². The third-order valence-electron chi connectivity index (χ3n) is 7.61. The van der Waals surface area contributed by atoms with Crippen LogP contribution in [-0.2, 0) is 5.75 Å². The Kier molecular flexibility index (Phi) is 4.76. The fourth-order valence-corrected chi connectivity index (χ4v) is 6.73. The van der Waals surface area contributed by atoms with Crippen molar-refractivity contribution in [1.29, 1.82) is 0 Å². The summed E-state index contributed by atoms with van der Waals surface area (Å²) in [4.78, 5) is 28.7. The van der Waals surface area contributed by atoms with Gasteiger partial charge in [-0.25, -0.2) is 8.78 Å². The van der Waals surface area contributed by atoms with Crippen LogP contribution >= 0.6 is 11.8 Å². The van der Waals surface area contributed by atoms with Crippen molar-refractivity contribution in [1.82, 2.24) is 9.58 Å². The summed E-state index contributed by atoms with van der Waals surface area (Å²) in [5.74, 6) is -2.64. The van der Waals surface area contributed by atoms with E-state index in [1.54, 1.807) is 11.0 Å². The molecule has 3 aromatic rings. The molecular formula is C27H21F2N3O4S. The summed E-state index contributed by atoms with van der Waals surface area (Å²) in [5, 5.41) is 12.6. The highest BCUT2D eigenvalue weighted by molar-refractivity contribution is 7.98. The Morgan fingerprint density at radius 2 is 1.95 bits per heavy atom. The fraction of sp³-hybridized carbons (Fsp3) is 0.259. The molecule has 3 aliphatic heterocycles. The van der Waals surface area contributed by atoms with Crippen LogP contribution in [0.2, 0.25) is 0 Å². The van der Waals surface area contributed by atoms with Gasteiger partial charge in [-0.1, -0.05) is 24.3 Å². The SMILES string of the molecule is O=C1c2c(O)c(=O)ccn2N2CN1C1(/C=C/COc3cc(F)c(F)c4c3[C@@H]2c2ccccc2SC4)CC1. The van der Waals surface area contributed by atoms with Gasteiger partial charge in [0.25, 0.3) is 5.91 Å². The molecule has 7 nitrogen and oxygen atoms in total. The molecule has 1 spiro atoms. The van der Waals surface area contributed by atoms with Gasteiger partial charge in [0.1, 0.15) is 25.1 Å². The van der Waals surface area contributed by atoms with Crippen molar-refractivity contribution >= 4 is 17.7 Å². The van der Waals surface area contributed by atoms with E-state index in [1.165, 1.54) is 28.7 Å². The van der Waals surface area contributed by atoms with E-state index in [9.17, 15) is 19.1 Å². The molecule has 10 heteroatoms. The zero-order chi connectivity index (χ0) is 25.5. The van der Waals surface area contributed by atoms with Gasteiger partial charge in [-0.2, -0.15) is 0 Å². The first-order valence-corrected chi connectivity index (χ1v) is 12.9. The van der Waals surface area contributed by atoms with E-state index in [0.717, 1.165) is 16.5 Å². The van der Waals surface area contributed by atoms with Gasteiger partial charge >= 0.3 is 0 Å². The Morgan fingerprint density at radius 1 is 1.14 bits per heavy atom. The predicted octanol–water partition coefficient (Wildman–Crippen LogP) is 4.06. The number of benzene rings is 2. The number of pyridine rings is 1. The molecule has 1 aromatic heterocycles. The molecule has 4 heterocycles. The second kappa shape index (κ2) is 7.85. The maximum atomic E-state index is 15.4. The number of nitrogens with zero attached hydrogens (tertiary/aromatic N) is 3. The van der Waals surface area contributed by atoms with Crippen molar-refractivity contribution in [2.24, 2.45) is 0 Å². The zero-order valence-electron chi connectivity index (χ0n) is 19.5. The van der Waals surface area contributed by atoms with Gasteiger partial charge in [-0.05, 0) is 30.5 Å². The fourth-order valence-electron chi connectivity index (χ4n) is 5.63. The van der Waals surface area contributed by atoms with Crippen LogP contribution in [0.25, 0.3) is 0 Å². The third kappa shape index (κ3) is 3.18. The highest BCUT2D eigenvalue weighted by Crippen LogP contribution is 2.50. The number of rotatable bonds is 0. The molecule has 1 atom stereocenters. The number of fused-ring (bicyclic) bond motifs is 8. The number of halogens is 2. The minimum atomic E-state index is -0.992. The largest absolute Gasteiger partial charge is 0.502 e. The van der Waals surface area contributed by atoms with Gasteiger partial charge in [0, 0.05) is 40.1 Å². The molecule has 7 rings (SSSR count). The topological polar surface area (TPSA) is 75.0 Å². The standard InChI is InChI=1S/C27H21F2N3O4S/c28-17-12-19-21-16(22(17)29)13-37-20-5-2-1-4-15(20)23(21)32-14-30(27(8-9-27)7-3-11-36-19)26(35)24-25(34)18(33)6-10-31(24)32/h1-7,10,12,23,34H,8-9,11,13-14H2/b7-3+/t23-/m0/s1. The van der Waals surface area contributed by atoms with E-state index >= 15 is 4.39 Å². The number of aromatic nitrogens is 1. The quantitative estimate of drug-likeness (QED) is 0.450. The summed E-state index contributed by atoms with van der Waals surface area (Å²) in [6, 6.07) is 9.16. The molecule has 1 N–H and O–H groups in total. The minimum Gasteiger partial charge on any atom is -0.502 e. The highest BCUT2D eigenvalue weighted by Gasteiger charge is 2.53. The third-order valence-corrected chi connectivity index (χ3v) is 8.72. The average Bonchev–Trinajstić information content (AvgIpc) is 3.70. The lowest BCUT2D eigenvalue weighted by molar-refractivity contribution is 0.0605. The number of hydrogen-bond acceptors (Lipinski definition) is 6. The number of aromatic hydroxyl groups is 1. The summed E-state index contributed by atoms with van der Waals surface area (Å²) in [6.07, 6.45) is 6.54. The second-order valence-corrected chi connectivity index (χ2v) is 10.7. The Bertz CT molecular complexity index is 1580. The minimum absolute atomic E-state index is 0.0972. The van der Waals surface area contributed by atoms with E-state index in [2.05, 4.69) is 0 Å². The average molecular weight is 522 g/mol. The monoisotopic (exact) mass is 521 g/mol. The lowest BCUT2D eigenvalue weighted by Crippen LogP contribution is -2.58. The molecule has 37 heavy (non-hydrogen) atoms. The summed E-state index contributed by atoms with van der Waals surface area (Å²) >= 11 is 1.40.